The molecule has 3 heterocycles. The second-order valence-electron chi connectivity index (χ2n) is 4.28. The van der Waals surface area contributed by atoms with E-state index in [0.717, 1.165) is 17.8 Å². The zero-order valence-corrected chi connectivity index (χ0v) is 10.3. The molecule has 2 saturated heterocycles. The molecule has 0 spiro atoms. The lowest BCUT2D eigenvalue weighted by atomic mass is 10.2. The molecule has 82 valence electrons. The van der Waals surface area contributed by atoms with Gasteiger partial charge in [-0.15, -0.1) is 0 Å². The first kappa shape index (κ1) is 9.66. The number of hydrogen-bond donors (Lipinski definition) is 0. The van der Waals surface area contributed by atoms with Crippen molar-refractivity contribution in [3.8, 4) is 0 Å². The highest BCUT2D eigenvalue weighted by Crippen LogP contribution is 2.34. The highest BCUT2D eigenvalue weighted by atomic mass is 79.9. The van der Waals surface area contributed by atoms with Gasteiger partial charge >= 0.3 is 0 Å². The molecule has 2 atom stereocenters. The van der Waals surface area contributed by atoms with E-state index in [-0.39, 0.29) is 0 Å². The summed E-state index contributed by atoms with van der Waals surface area (Å²) in [6, 6.07) is 3.19. The fraction of sp³-hybridized carbons (Fsp3) is 0.700. The standard InChI is InChI=1S/C10H14BrN3O/c1-13-10(4-9(11)12-13)14-7-2-3-8(14)6-15-5-7/h4,7-8H,2-3,5-6H2,1H3. The van der Waals surface area contributed by atoms with Crippen LogP contribution < -0.4 is 4.90 Å². The summed E-state index contributed by atoms with van der Waals surface area (Å²) in [6.07, 6.45) is 2.49. The lowest BCUT2D eigenvalue weighted by Gasteiger charge is -2.35. The SMILES string of the molecule is Cn1nc(Br)cc1N1C2CCC1COC2. The van der Waals surface area contributed by atoms with Crippen LogP contribution in [0.2, 0.25) is 0 Å². The summed E-state index contributed by atoms with van der Waals surface area (Å²) in [4.78, 5) is 2.47. The summed E-state index contributed by atoms with van der Waals surface area (Å²) in [6.45, 7) is 1.72. The van der Waals surface area contributed by atoms with Gasteiger partial charge in [-0.2, -0.15) is 5.10 Å². The van der Waals surface area contributed by atoms with Crippen molar-refractivity contribution in [3.63, 3.8) is 0 Å². The summed E-state index contributed by atoms with van der Waals surface area (Å²) < 4.78 is 8.43. The largest absolute Gasteiger partial charge is 0.377 e. The number of ether oxygens (including phenoxy) is 1. The zero-order valence-electron chi connectivity index (χ0n) is 8.69. The van der Waals surface area contributed by atoms with Crippen molar-refractivity contribution in [3.05, 3.63) is 10.7 Å². The van der Waals surface area contributed by atoms with E-state index >= 15 is 0 Å². The van der Waals surface area contributed by atoms with Gasteiger partial charge in [0.2, 0.25) is 0 Å². The second kappa shape index (κ2) is 3.49. The minimum Gasteiger partial charge on any atom is -0.377 e. The van der Waals surface area contributed by atoms with Gasteiger partial charge in [-0.3, -0.25) is 4.68 Å². The third kappa shape index (κ3) is 1.49. The van der Waals surface area contributed by atoms with Gasteiger partial charge in [-0.1, -0.05) is 0 Å². The maximum absolute atomic E-state index is 5.57. The first-order valence-electron chi connectivity index (χ1n) is 5.31. The summed E-state index contributed by atoms with van der Waals surface area (Å²) in [5, 5.41) is 4.33. The Bertz CT molecular complexity index is 363. The lowest BCUT2D eigenvalue weighted by molar-refractivity contribution is 0.0898. The Morgan fingerprint density at radius 1 is 1.40 bits per heavy atom. The molecule has 2 fully saturated rings. The first-order chi connectivity index (χ1) is 7.25. The number of morpholine rings is 1. The van der Waals surface area contributed by atoms with Gasteiger partial charge in [0.1, 0.15) is 10.4 Å². The molecule has 1 aromatic rings. The van der Waals surface area contributed by atoms with E-state index in [9.17, 15) is 0 Å². The smallest absolute Gasteiger partial charge is 0.130 e. The van der Waals surface area contributed by atoms with E-state index in [2.05, 4.69) is 32.0 Å². The quantitative estimate of drug-likeness (QED) is 0.777. The lowest BCUT2D eigenvalue weighted by Crippen LogP contribution is -2.46. The molecule has 3 rings (SSSR count). The average Bonchev–Trinajstić information content (AvgIpc) is 2.63. The number of aromatic nitrogens is 2. The molecule has 0 N–H and O–H groups in total. The molecule has 15 heavy (non-hydrogen) atoms. The predicted molar refractivity (Wildman–Crippen MR) is 61.0 cm³/mol. The minimum atomic E-state index is 0.547. The Kier molecular flexibility index (Phi) is 2.25. The highest BCUT2D eigenvalue weighted by Gasteiger charge is 2.38. The maximum Gasteiger partial charge on any atom is 0.130 e. The fourth-order valence-corrected chi connectivity index (χ4v) is 3.11. The number of nitrogens with zero attached hydrogens (tertiary/aromatic N) is 3. The van der Waals surface area contributed by atoms with Crippen molar-refractivity contribution in [2.24, 2.45) is 7.05 Å². The van der Waals surface area contributed by atoms with E-state index in [0.29, 0.717) is 12.1 Å². The van der Waals surface area contributed by atoms with Gasteiger partial charge in [-0.05, 0) is 28.8 Å². The van der Waals surface area contributed by atoms with E-state index < -0.39 is 0 Å². The van der Waals surface area contributed by atoms with E-state index in [1.165, 1.54) is 18.7 Å². The third-order valence-corrected chi connectivity index (χ3v) is 3.72. The van der Waals surface area contributed by atoms with Gasteiger partial charge < -0.3 is 9.64 Å². The van der Waals surface area contributed by atoms with Crippen molar-refractivity contribution in [1.82, 2.24) is 9.78 Å². The Hall–Kier alpha value is -0.550. The summed E-state index contributed by atoms with van der Waals surface area (Å²) in [7, 11) is 2.00. The Morgan fingerprint density at radius 3 is 2.60 bits per heavy atom. The normalized spacial score (nSPS) is 29.9. The van der Waals surface area contributed by atoms with Crippen LogP contribution in [0.5, 0.6) is 0 Å². The number of rotatable bonds is 1. The van der Waals surface area contributed by atoms with Crippen molar-refractivity contribution >= 4 is 21.7 Å². The van der Waals surface area contributed by atoms with E-state index in [1.807, 2.05) is 11.7 Å². The van der Waals surface area contributed by atoms with Crippen LogP contribution >= 0.6 is 15.9 Å². The van der Waals surface area contributed by atoms with Crippen LogP contribution in [0.4, 0.5) is 5.82 Å². The van der Waals surface area contributed by atoms with Gasteiger partial charge in [0.05, 0.1) is 25.3 Å². The summed E-state index contributed by atoms with van der Waals surface area (Å²) in [5.74, 6) is 1.21. The summed E-state index contributed by atoms with van der Waals surface area (Å²) in [5.41, 5.74) is 0. The third-order valence-electron chi connectivity index (χ3n) is 3.33. The zero-order chi connectivity index (χ0) is 10.4. The number of fused-ring (bicyclic) bond motifs is 2. The highest BCUT2D eigenvalue weighted by molar-refractivity contribution is 9.10. The van der Waals surface area contributed by atoms with Crippen LogP contribution in [-0.2, 0) is 11.8 Å². The Balaban J connectivity index is 1.96. The van der Waals surface area contributed by atoms with Crippen LogP contribution in [0.1, 0.15) is 12.8 Å². The van der Waals surface area contributed by atoms with Gasteiger partial charge in [0, 0.05) is 13.1 Å². The molecule has 0 aromatic carbocycles. The molecule has 2 unspecified atom stereocenters. The van der Waals surface area contributed by atoms with Crippen molar-refractivity contribution < 1.29 is 4.74 Å². The monoisotopic (exact) mass is 271 g/mol. The second-order valence-corrected chi connectivity index (χ2v) is 5.09. The minimum absolute atomic E-state index is 0.547. The van der Waals surface area contributed by atoms with Gasteiger partial charge in [0.15, 0.2) is 0 Å². The fourth-order valence-electron chi connectivity index (χ4n) is 2.67. The summed E-state index contributed by atoms with van der Waals surface area (Å²) >= 11 is 3.42. The van der Waals surface area contributed by atoms with Gasteiger partial charge in [0.25, 0.3) is 0 Å². The number of aryl methyl sites for hydroxylation is 1. The number of hydrogen-bond acceptors (Lipinski definition) is 3. The molecule has 0 saturated carbocycles. The van der Waals surface area contributed by atoms with Crippen molar-refractivity contribution in [1.29, 1.82) is 0 Å². The van der Waals surface area contributed by atoms with Crippen LogP contribution in [0, 0.1) is 0 Å². The maximum atomic E-state index is 5.57. The molecule has 2 aliphatic rings. The van der Waals surface area contributed by atoms with Crippen LogP contribution in [0.15, 0.2) is 10.7 Å². The molecule has 4 nitrogen and oxygen atoms in total. The molecule has 5 heteroatoms. The molecule has 2 bridgehead atoms. The molecular formula is C10H14BrN3O. The van der Waals surface area contributed by atoms with Crippen LogP contribution in [-0.4, -0.2) is 35.1 Å². The van der Waals surface area contributed by atoms with Gasteiger partial charge in [-0.25, -0.2) is 0 Å². The van der Waals surface area contributed by atoms with Crippen LogP contribution in [0.25, 0.3) is 0 Å². The molecule has 0 aliphatic carbocycles. The van der Waals surface area contributed by atoms with E-state index in [4.69, 9.17) is 4.74 Å². The molecule has 0 radical (unpaired) electrons. The molecular weight excluding hydrogens is 258 g/mol. The topological polar surface area (TPSA) is 30.3 Å². The predicted octanol–water partition coefficient (Wildman–Crippen LogP) is 1.55. The Morgan fingerprint density at radius 2 is 2.07 bits per heavy atom. The molecule has 1 aromatic heterocycles. The van der Waals surface area contributed by atoms with Crippen molar-refractivity contribution in [2.75, 3.05) is 18.1 Å². The van der Waals surface area contributed by atoms with Crippen molar-refractivity contribution in [2.45, 2.75) is 24.9 Å². The average molecular weight is 272 g/mol. The molecule has 2 aliphatic heterocycles. The molecule has 0 amide bonds. The number of halogens is 1. The Labute approximate surface area is 97.3 Å². The number of anilines is 1. The van der Waals surface area contributed by atoms with Crippen LogP contribution in [0.3, 0.4) is 0 Å². The first-order valence-corrected chi connectivity index (χ1v) is 6.10. The van der Waals surface area contributed by atoms with E-state index in [1.54, 1.807) is 0 Å².